The average molecular weight is 290 g/mol. The van der Waals surface area contributed by atoms with Crippen molar-refractivity contribution in [1.29, 1.82) is 0 Å². The number of rotatable bonds is 3. The van der Waals surface area contributed by atoms with Crippen LogP contribution >= 0.6 is 0 Å². The number of hydrogen-bond donors (Lipinski definition) is 0. The smallest absolute Gasteiger partial charge is 0.233 e. The van der Waals surface area contributed by atoms with Gasteiger partial charge in [0.15, 0.2) is 0 Å². The van der Waals surface area contributed by atoms with Gasteiger partial charge in [-0.1, -0.05) is 25.5 Å². The van der Waals surface area contributed by atoms with Crippen LogP contribution in [-0.4, -0.2) is 40.9 Å². The first-order chi connectivity index (χ1) is 9.70. The van der Waals surface area contributed by atoms with E-state index in [1.165, 1.54) is 12.0 Å². The van der Waals surface area contributed by atoms with Crippen molar-refractivity contribution in [2.75, 3.05) is 19.6 Å². The third kappa shape index (κ3) is 3.57. The summed E-state index contributed by atoms with van der Waals surface area (Å²) in [6.45, 7) is 16.0. The highest BCUT2D eigenvalue weighted by Crippen LogP contribution is 2.32. The fourth-order valence-corrected chi connectivity index (χ4v) is 3.91. The molecule has 0 radical (unpaired) electrons. The molecule has 2 atom stereocenters. The van der Waals surface area contributed by atoms with Crippen molar-refractivity contribution < 1.29 is 4.79 Å². The number of likely N-dealkylation sites (tertiary alicyclic amines) is 1. The lowest BCUT2D eigenvalue weighted by molar-refractivity contribution is -0.131. The molecule has 0 saturated carbocycles. The average Bonchev–Trinajstić information content (AvgIpc) is 2.56. The molecule has 0 aliphatic carbocycles. The number of hydrogen-bond acceptors (Lipinski definition) is 2. The lowest BCUT2D eigenvalue weighted by atomic mass is 9.98. The molecular formula is C18H30N2O. The van der Waals surface area contributed by atoms with Crippen LogP contribution in [0.3, 0.4) is 0 Å². The monoisotopic (exact) mass is 290 g/mol. The van der Waals surface area contributed by atoms with Gasteiger partial charge in [-0.25, -0.2) is 0 Å². The molecule has 2 aliphatic heterocycles. The molecule has 1 saturated heterocycles. The summed E-state index contributed by atoms with van der Waals surface area (Å²) in [6.07, 6.45) is 5.43. The summed E-state index contributed by atoms with van der Waals surface area (Å²) in [4.78, 5) is 17.1. The number of carbonyl (C=O) groups is 1. The number of amides is 1. The fraction of sp³-hybridized carbons (Fsp3) is 0.722. The normalized spacial score (nSPS) is 30.2. The van der Waals surface area contributed by atoms with Gasteiger partial charge < -0.3 is 4.90 Å². The van der Waals surface area contributed by atoms with Crippen LogP contribution in [0.15, 0.2) is 23.4 Å². The van der Waals surface area contributed by atoms with E-state index in [4.69, 9.17) is 0 Å². The van der Waals surface area contributed by atoms with Crippen molar-refractivity contribution in [3.05, 3.63) is 23.4 Å². The van der Waals surface area contributed by atoms with E-state index in [2.05, 4.69) is 44.7 Å². The molecule has 0 spiro atoms. The van der Waals surface area contributed by atoms with Crippen molar-refractivity contribution in [3.63, 3.8) is 0 Å². The molecule has 3 nitrogen and oxygen atoms in total. The molecule has 0 aromatic heterocycles. The molecule has 21 heavy (non-hydrogen) atoms. The second-order valence-electron chi connectivity index (χ2n) is 7.54. The van der Waals surface area contributed by atoms with Crippen molar-refractivity contribution in [2.24, 2.45) is 11.8 Å². The van der Waals surface area contributed by atoms with Gasteiger partial charge in [-0.15, -0.1) is 0 Å². The predicted octanol–water partition coefficient (Wildman–Crippen LogP) is 3.44. The van der Waals surface area contributed by atoms with Crippen LogP contribution in [0.5, 0.6) is 0 Å². The van der Waals surface area contributed by atoms with E-state index >= 15 is 0 Å². The molecule has 0 aromatic carbocycles. The minimum absolute atomic E-state index is 0.0239. The maximum atomic E-state index is 12.6. The standard InChI is InChI=1S/C18H30N2O/c1-13-9-15(3)17(21)20(16(4)10-13)8-7-19-12-14(2)11-18(19,5)6/h9-10,14-15H,7-8,11-12H2,1-6H3/t14-,15+/m0/s1. The number of allylic oxidation sites excluding steroid dienone is 3. The Labute approximate surface area is 129 Å². The van der Waals surface area contributed by atoms with Crippen LogP contribution in [0.1, 0.15) is 48.0 Å². The highest BCUT2D eigenvalue weighted by Gasteiger charge is 2.36. The zero-order chi connectivity index (χ0) is 15.8. The topological polar surface area (TPSA) is 23.6 Å². The van der Waals surface area contributed by atoms with E-state index in [1.807, 2.05) is 18.7 Å². The molecule has 2 aliphatic rings. The Bertz CT molecular complexity index is 476. The maximum Gasteiger partial charge on any atom is 0.233 e. The van der Waals surface area contributed by atoms with Gasteiger partial charge in [-0.2, -0.15) is 0 Å². The Hall–Kier alpha value is -1.09. The van der Waals surface area contributed by atoms with Crippen LogP contribution in [0.4, 0.5) is 0 Å². The minimum atomic E-state index is -0.0239. The van der Waals surface area contributed by atoms with Crippen molar-refractivity contribution in [1.82, 2.24) is 9.80 Å². The Kier molecular flexibility index (Phi) is 4.62. The largest absolute Gasteiger partial charge is 0.315 e. The van der Waals surface area contributed by atoms with Gasteiger partial charge in [-0.3, -0.25) is 9.69 Å². The lowest BCUT2D eigenvalue weighted by Gasteiger charge is -2.34. The minimum Gasteiger partial charge on any atom is -0.315 e. The Morgan fingerprint density at radius 3 is 2.48 bits per heavy atom. The molecule has 2 heterocycles. The molecule has 1 fully saturated rings. The van der Waals surface area contributed by atoms with Gasteiger partial charge in [0.1, 0.15) is 0 Å². The molecule has 0 unspecified atom stereocenters. The fourth-order valence-electron chi connectivity index (χ4n) is 3.91. The molecule has 0 bridgehead atoms. The summed E-state index contributed by atoms with van der Waals surface area (Å²) in [7, 11) is 0. The Morgan fingerprint density at radius 1 is 1.24 bits per heavy atom. The first-order valence-electron chi connectivity index (χ1n) is 8.14. The molecule has 0 aromatic rings. The summed E-state index contributed by atoms with van der Waals surface area (Å²) in [5, 5.41) is 0. The van der Waals surface area contributed by atoms with Crippen LogP contribution in [0.2, 0.25) is 0 Å². The van der Waals surface area contributed by atoms with Crippen LogP contribution in [0, 0.1) is 11.8 Å². The quantitative estimate of drug-likeness (QED) is 0.795. The van der Waals surface area contributed by atoms with Crippen molar-refractivity contribution in [2.45, 2.75) is 53.5 Å². The van der Waals surface area contributed by atoms with E-state index in [0.717, 1.165) is 31.2 Å². The van der Waals surface area contributed by atoms with E-state index in [9.17, 15) is 4.79 Å². The zero-order valence-corrected chi connectivity index (χ0v) is 14.4. The van der Waals surface area contributed by atoms with Crippen LogP contribution < -0.4 is 0 Å². The molecule has 0 N–H and O–H groups in total. The van der Waals surface area contributed by atoms with Crippen LogP contribution in [-0.2, 0) is 4.79 Å². The Morgan fingerprint density at radius 2 is 1.90 bits per heavy atom. The van der Waals surface area contributed by atoms with Gasteiger partial charge in [0.2, 0.25) is 5.91 Å². The van der Waals surface area contributed by atoms with Gasteiger partial charge in [0.25, 0.3) is 0 Å². The van der Waals surface area contributed by atoms with Crippen molar-refractivity contribution in [3.8, 4) is 0 Å². The third-order valence-corrected chi connectivity index (χ3v) is 4.86. The third-order valence-electron chi connectivity index (χ3n) is 4.86. The van der Waals surface area contributed by atoms with Gasteiger partial charge in [-0.05, 0) is 46.1 Å². The SMILES string of the molecule is CC1=C[C@@H](C)C(=O)N(CCN2C[C@@H](C)CC2(C)C)C(C)=C1. The predicted molar refractivity (Wildman–Crippen MR) is 87.8 cm³/mol. The second kappa shape index (κ2) is 5.96. The molecular weight excluding hydrogens is 260 g/mol. The van der Waals surface area contributed by atoms with Gasteiger partial charge in [0.05, 0.1) is 5.92 Å². The molecule has 3 heteroatoms. The van der Waals surface area contributed by atoms with Gasteiger partial charge >= 0.3 is 0 Å². The van der Waals surface area contributed by atoms with E-state index in [-0.39, 0.29) is 17.4 Å². The summed E-state index contributed by atoms with van der Waals surface area (Å²) in [5.41, 5.74) is 2.51. The highest BCUT2D eigenvalue weighted by atomic mass is 16.2. The molecule has 1 amide bonds. The maximum absolute atomic E-state index is 12.6. The van der Waals surface area contributed by atoms with E-state index in [1.54, 1.807) is 0 Å². The molecule has 118 valence electrons. The number of carbonyl (C=O) groups excluding carboxylic acids is 1. The van der Waals surface area contributed by atoms with Crippen molar-refractivity contribution >= 4 is 5.91 Å². The van der Waals surface area contributed by atoms with Gasteiger partial charge in [0, 0.05) is 30.9 Å². The molecule has 2 rings (SSSR count). The lowest BCUT2D eigenvalue weighted by Crippen LogP contribution is -2.44. The van der Waals surface area contributed by atoms with E-state index < -0.39 is 0 Å². The highest BCUT2D eigenvalue weighted by molar-refractivity contribution is 5.82. The first-order valence-corrected chi connectivity index (χ1v) is 8.14. The zero-order valence-electron chi connectivity index (χ0n) is 14.4. The first kappa shape index (κ1) is 16.3. The second-order valence-corrected chi connectivity index (χ2v) is 7.54. The Balaban J connectivity index is 2.05. The summed E-state index contributed by atoms with van der Waals surface area (Å²) >= 11 is 0. The summed E-state index contributed by atoms with van der Waals surface area (Å²) in [5.74, 6) is 0.953. The number of nitrogens with zero attached hydrogens (tertiary/aromatic N) is 2. The van der Waals surface area contributed by atoms with E-state index in [0.29, 0.717) is 0 Å². The summed E-state index contributed by atoms with van der Waals surface area (Å²) in [6, 6.07) is 0. The van der Waals surface area contributed by atoms with Crippen LogP contribution in [0.25, 0.3) is 0 Å². The summed E-state index contributed by atoms with van der Waals surface area (Å²) < 4.78 is 0.